The van der Waals surface area contributed by atoms with Gasteiger partial charge in [-0.05, 0) is 51.3 Å². The number of ether oxygens (including phenoxy) is 1. The summed E-state index contributed by atoms with van der Waals surface area (Å²) in [5, 5.41) is 7.29. The highest BCUT2D eigenvalue weighted by Crippen LogP contribution is 2.24. The van der Waals surface area contributed by atoms with Crippen molar-refractivity contribution in [2.75, 3.05) is 5.32 Å². The fraction of sp³-hybridized carbons (Fsp3) is 0.0833. The van der Waals surface area contributed by atoms with Crippen molar-refractivity contribution < 1.29 is 9.53 Å². The van der Waals surface area contributed by atoms with Crippen LogP contribution in [-0.4, -0.2) is 15.7 Å². The van der Waals surface area contributed by atoms with Gasteiger partial charge in [-0.2, -0.15) is 5.10 Å². The first-order valence-corrected chi connectivity index (χ1v) is 10.3. The maximum Gasteiger partial charge on any atom is 0.256 e. The number of rotatable bonds is 7. The molecule has 30 heavy (non-hydrogen) atoms. The number of aromatic nitrogens is 2. The van der Waals surface area contributed by atoms with Crippen molar-refractivity contribution in [2.24, 2.45) is 0 Å². The lowest BCUT2D eigenvalue weighted by atomic mass is 10.1. The second-order valence-electron chi connectivity index (χ2n) is 6.76. The monoisotopic (exact) mass is 461 g/mol. The van der Waals surface area contributed by atoms with E-state index in [0.717, 1.165) is 21.3 Å². The van der Waals surface area contributed by atoms with Gasteiger partial charge in [0.15, 0.2) is 5.82 Å². The number of nitrogens with zero attached hydrogens (tertiary/aromatic N) is 2. The highest BCUT2D eigenvalue weighted by Gasteiger charge is 2.10. The van der Waals surface area contributed by atoms with Gasteiger partial charge in [0.2, 0.25) is 0 Å². The van der Waals surface area contributed by atoms with E-state index in [2.05, 4.69) is 26.3 Å². The van der Waals surface area contributed by atoms with Gasteiger partial charge in [0, 0.05) is 17.8 Å². The number of anilines is 1. The SMILES string of the molecule is O=C(Nc1ccn(Cc2ccccc2)n1)c1cccc(COc2ccccc2Br)c1. The number of halogens is 1. The zero-order chi connectivity index (χ0) is 20.8. The molecule has 0 aliphatic rings. The first-order chi connectivity index (χ1) is 14.7. The Labute approximate surface area is 183 Å². The number of nitrogens with one attached hydrogen (secondary N) is 1. The van der Waals surface area contributed by atoms with Crippen LogP contribution in [0.3, 0.4) is 0 Å². The van der Waals surface area contributed by atoms with Crippen LogP contribution in [0.4, 0.5) is 5.82 Å². The molecule has 3 aromatic carbocycles. The van der Waals surface area contributed by atoms with Crippen LogP contribution in [-0.2, 0) is 13.2 Å². The van der Waals surface area contributed by atoms with Gasteiger partial charge in [-0.1, -0.05) is 54.6 Å². The molecule has 1 amide bonds. The summed E-state index contributed by atoms with van der Waals surface area (Å²) >= 11 is 3.47. The fourth-order valence-corrected chi connectivity index (χ4v) is 3.40. The molecule has 1 N–H and O–H groups in total. The Balaban J connectivity index is 1.38. The van der Waals surface area contributed by atoms with Crippen LogP contribution in [0.5, 0.6) is 5.75 Å². The van der Waals surface area contributed by atoms with Gasteiger partial charge in [-0.3, -0.25) is 9.48 Å². The van der Waals surface area contributed by atoms with E-state index in [0.29, 0.717) is 24.5 Å². The fourth-order valence-electron chi connectivity index (χ4n) is 3.00. The number of amides is 1. The summed E-state index contributed by atoms with van der Waals surface area (Å²) in [6.45, 7) is 1.02. The first-order valence-electron chi connectivity index (χ1n) is 9.52. The average Bonchev–Trinajstić information content (AvgIpc) is 3.20. The van der Waals surface area contributed by atoms with Crippen LogP contribution < -0.4 is 10.1 Å². The Morgan fingerprint density at radius 3 is 2.53 bits per heavy atom. The molecule has 0 bridgehead atoms. The zero-order valence-corrected chi connectivity index (χ0v) is 17.7. The summed E-state index contributed by atoms with van der Waals surface area (Å²) in [4.78, 5) is 12.7. The second-order valence-corrected chi connectivity index (χ2v) is 7.61. The highest BCUT2D eigenvalue weighted by atomic mass is 79.9. The summed E-state index contributed by atoms with van der Waals surface area (Å²) in [7, 11) is 0. The van der Waals surface area contributed by atoms with Crippen molar-refractivity contribution in [1.82, 2.24) is 9.78 Å². The largest absolute Gasteiger partial charge is 0.488 e. The predicted molar refractivity (Wildman–Crippen MR) is 121 cm³/mol. The van der Waals surface area contributed by atoms with Crippen LogP contribution in [0.15, 0.2) is 95.6 Å². The summed E-state index contributed by atoms with van der Waals surface area (Å²) in [6.07, 6.45) is 1.85. The van der Waals surface area contributed by atoms with Crippen molar-refractivity contribution in [3.63, 3.8) is 0 Å². The van der Waals surface area contributed by atoms with Crippen LogP contribution in [0.1, 0.15) is 21.5 Å². The van der Waals surface area contributed by atoms with Gasteiger partial charge in [-0.25, -0.2) is 0 Å². The Morgan fingerprint density at radius 1 is 0.933 bits per heavy atom. The number of carbonyl (C=O) groups is 1. The number of hydrogen-bond acceptors (Lipinski definition) is 3. The molecule has 4 aromatic rings. The van der Waals surface area contributed by atoms with Crippen molar-refractivity contribution >= 4 is 27.7 Å². The number of benzene rings is 3. The minimum atomic E-state index is -0.206. The molecule has 0 spiro atoms. The molecule has 4 rings (SSSR count). The molecular formula is C24H20BrN3O2. The van der Waals surface area contributed by atoms with Gasteiger partial charge in [-0.15, -0.1) is 0 Å². The van der Waals surface area contributed by atoms with Gasteiger partial charge in [0.05, 0.1) is 11.0 Å². The Morgan fingerprint density at radius 2 is 1.70 bits per heavy atom. The summed E-state index contributed by atoms with van der Waals surface area (Å²) < 4.78 is 8.53. The molecule has 1 heterocycles. The lowest BCUT2D eigenvalue weighted by Crippen LogP contribution is -2.13. The maximum absolute atomic E-state index is 12.7. The molecule has 0 radical (unpaired) electrons. The molecule has 150 valence electrons. The minimum Gasteiger partial charge on any atom is -0.488 e. The third kappa shape index (κ3) is 5.15. The summed E-state index contributed by atoms with van der Waals surface area (Å²) in [6, 6.07) is 26.9. The standard InChI is InChI=1S/C24H20BrN3O2/c25-21-11-4-5-12-22(21)30-17-19-9-6-10-20(15-19)24(29)26-23-13-14-28(27-23)16-18-7-2-1-3-8-18/h1-15H,16-17H2,(H,26,27,29). The van der Waals surface area contributed by atoms with Gasteiger partial charge < -0.3 is 10.1 Å². The lowest BCUT2D eigenvalue weighted by Gasteiger charge is -2.09. The minimum absolute atomic E-state index is 0.206. The van der Waals surface area contributed by atoms with E-state index >= 15 is 0 Å². The normalized spacial score (nSPS) is 10.6. The Hall–Kier alpha value is -3.38. The molecule has 0 unspecified atom stereocenters. The van der Waals surface area contributed by atoms with Crippen LogP contribution in [0.2, 0.25) is 0 Å². The van der Waals surface area contributed by atoms with Crippen molar-refractivity contribution in [2.45, 2.75) is 13.2 Å². The van der Waals surface area contributed by atoms with Gasteiger partial charge >= 0.3 is 0 Å². The van der Waals surface area contributed by atoms with Crippen molar-refractivity contribution in [3.8, 4) is 5.75 Å². The molecule has 0 fully saturated rings. The Bertz CT molecular complexity index is 1140. The van der Waals surface area contributed by atoms with E-state index in [-0.39, 0.29) is 5.91 Å². The van der Waals surface area contributed by atoms with E-state index in [1.54, 1.807) is 16.8 Å². The van der Waals surface area contributed by atoms with Crippen molar-refractivity contribution in [3.05, 3.63) is 112 Å². The molecule has 5 nitrogen and oxygen atoms in total. The van der Waals surface area contributed by atoms with E-state index in [1.165, 1.54) is 0 Å². The van der Waals surface area contributed by atoms with Crippen LogP contribution in [0, 0.1) is 0 Å². The second kappa shape index (κ2) is 9.41. The van der Waals surface area contributed by atoms with Gasteiger partial charge in [0.1, 0.15) is 12.4 Å². The van der Waals surface area contributed by atoms with Crippen molar-refractivity contribution in [1.29, 1.82) is 0 Å². The average molecular weight is 462 g/mol. The van der Waals surface area contributed by atoms with Gasteiger partial charge in [0.25, 0.3) is 5.91 Å². The van der Waals surface area contributed by atoms with E-state index < -0.39 is 0 Å². The van der Waals surface area contributed by atoms with E-state index in [4.69, 9.17) is 4.74 Å². The molecular weight excluding hydrogens is 442 g/mol. The smallest absolute Gasteiger partial charge is 0.256 e. The first kappa shape index (κ1) is 19.9. The Kier molecular flexibility index (Phi) is 6.25. The van der Waals surface area contributed by atoms with Crippen LogP contribution in [0.25, 0.3) is 0 Å². The number of hydrogen-bond donors (Lipinski definition) is 1. The predicted octanol–water partition coefficient (Wildman–Crippen LogP) is 5.53. The molecule has 0 saturated heterocycles. The molecule has 6 heteroatoms. The maximum atomic E-state index is 12.7. The number of para-hydroxylation sites is 1. The third-order valence-corrected chi connectivity index (χ3v) is 5.14. The lowest BCUT2D eigenvalue weighted by molar-refractivity contribution is 0.102. The topological polar surface area (TPSA) is 56.2 Å². The molecule has 0 saturated carbocycles. The van der Waals surface area contributed by atoms with E-state index in [9.17, 15) is 4.79 Å². The van der Waals surface area contributed by atoms with E-state index in [1.807, 2.05) is 79.0 Å². The van der Waals surface area contributed by atoms with Crippen LogP contribution >= 0.6 is 15.9 Å². The third-order valence-electron chi connectivity index (χ3n) is 4.49. The quantitative estimate of drug-likeness (QED) is 0.393. The molecule has 0 aliphatic carbocycles. The summed E-state index contributed by atoms with van der Waals surface area (Å²) in [5.74, 6) is 1.07. The molecule has 0 aliphatic heterocycles. The molecule has 0 atom stereocenters. The highest BCUT2D eigenvalue weighted by molar-refractivity contribution is 9.10. The number of carbonyl (C=O) groups excluding carboxylic acids is 1. The molecule has 1 aromatic heterocycles. The zero-order valence-electron chi connectivity index (χ0n) is 16.2. The summed E-state index contributed by atoms with van der Waals surface area (Å²) in [5.41, 5.74) is 2.62.